The van der Waals surface area contributed by atoms with E-state index >= 15 is 0 Å². The fourth-order valence-electron chi connectivity index (χ4n) is 4.02. The zero-order valence-corrected chi connectivity index (χ0v) is 20.2. The molecular formula is C10H30O3Si6. The number of hydrogen-bond donors (Lipinski definition) is 0. The van der Waals surface area contributed by atoms with E-state index in [0.717, 1.165) is 0 Å². The van der Waals surface area contributed by atoms with Gasteiger partial charge in [-0.05, 0) is 65.5 Å². The van der Waals surface area contributed by atoms with Crippen LogP contribution in [0.1, 0.15) is 0 Å². The molecule has 2 aliphatic rings. The molecule has 0 saturated carbocycles. The number of rotatable bonds is 0. The van der Waals surface area contributed by atoms with Crippen LogP contribution in [0.15, 0.2) is 0 Å². The third-order valence-corrected chi connectivity index (χ3v) is 83.2. The maximum atomic E-state index is 7.23. The number of fused-ring (bicyclic) bond motifs is 2. The van der Waals surface area contributed by atoms with Crippen LogP contribution in [0.25, 0.3) is 0 Å². The Bertz CT molecular complexity index is 353. The lowest BCUT2D eigenvalue weighted by molar-refractivity contribution is 0.459. The van der Waals surface area contributed by atoms with Crippen molar-refractivity contribution in [1.82, 2.24) is 0 Å². The predicted molar refractivity (Wildman–Crippen MR) is 96.4 cm³/mol. The van der Waals surface area contributed by atoms with Crippen molar-refractivity contribution in [2.24, 2.45) is 0 Å². The van der Waals surface area contributed by atoms with Gasteiger partial charge in [0, 0.05) is 0 Å². The van der Waals surface area contributed by atoms with E-state index < -0.39 is 46.0 Å². The van der Waals surface area contributed by atoms with Crippen molar-refractivity contribution in [3.63, 3.8) is 0 Å². The maximum Gasteiger partial charge on any atom is 0.212 e. The second-order valence-corrected chi connectivity index (χ2v) is 56.0. The van der Waals surface area contributed by atoms with Crippen molar-refractivity contribution in [3.05, 3.63) is 0 Å². The van der Waals surface area contributed by atoms with Crippen molar-refractivity contribution in [3.8, 4) is 0 Å². The molecule has 2 heterocycles. The first-order valence-corrected chi connectivity index (χ1v) is 27.7. The molecule has 0 aromatic rings. The largest absolute Gasteiger partial charge is 0.457 e. The SMILES string of the molecule is C[Si]1(C)O[Si](C)(C)[Si]2(C)O[Si]1(C)[Si](C)(C)O[Si]2(C)C. The molecule has 112 valence electrons. The van der Waals surface area contributed by atoms with Crippen molar-refractivity contribution in [1.29, 1.82) is 0 Å². The molecule has 2 aliphatic heterocycles. The molecule has 0 unspecified atom stereocenters. The molecule has 0 aromatic heterocycles. The molecule has 0 spiro atoms. The highest BCUT2D eigenvalue weighted by molar-refractivity contribution is 7.77. The third-order valence-electron chi connectivity index (χ3n) is 6.02. The van der Waals surface area contributed by atoms with Gasteiger partial charge in [0.25, 0.3) is 0 Å². The van der Waals surface area contributed by atoms with Crippen LogP contribution in [0.3, 0.4) is 0 Å². The number of hydrogen-bond acceptors (Lipinski definition) is 3. The first-order valence-electron chi connectivity index (χ1n) is 7.22. The van der Waals surface area contributed by atoms with Gasteiger partial charge in [-0.25, -0.2) is 0 Å². The molecule has 2 fully saturated rings. The van der Waals surface area contributed by atoms with Crippen LogP contribution in [0.2, 0.25) is 65.5 Å². The van der Waals surface area contributed by atoms with Gasteiger partial charge in [-0.2, -0.15) is 0 Å². The second kappa shape index (κ2) is 3.93. The van der Waals surface area contributed by atoms with E-state index in [1.165, 1.54) is 0 Å². The molecule has 0 aliphatic carbocycles. The molecule has 9 heteroatoms. The Morgan fingerprint density at radius 2 is 0.579 bits per heavy atom. The Kier molecular flexibility index (Phi) is 3.42. The van der Waals surface area contributed by atoms with Crippen molar-refractivity contribution in [2.75, 3.05) is 0 Å². The summed E-state index contributed by atoms with van der Waals surface area (Å²) < 4.78 is 21.2. The van der Waals surface area contributed by atoms with Crippen LogP contribution in [-0.2, 0) is 12.3 Å². The molecule has 19 heavy (non-hydrogen) atoms. The average Bonchev–Trinajstić information content (AvgIpc) is 2.09. The summed E-state index contributed by atoms with van der Waals surface area (Å²) >= 11 is 0. The minimum absolute atomic E-state index is 1.74. The van der Waals surface area contributed by atoms with E-state index in [4.69, 9.17) is 12.3 Å². The van der Waals surface area contributed by atoms with Crippen molar-refractivity contribution < 1.29 is 12.3 Å². The molecular weight excluding hydrogens is 337 g/mol. The topological polar surface area (TPSA) is 27.7 Å². The highest BCUT2D eigenvalue weighted by Gasteiger charge is 2.79. The minimum Gasteiger partial charge on any atom is -0.457 e. The summed E-state index contributed by atoms with van der Waals surface area (Å²) in [7, 11) is -10.6. The summed E-state index contributed by atoms with van der Waals surface area (Å²) in [6.45, 7) is 24.1. The Labute approximate surface area is 124 Å². The Morgan fingerprint density at radius 1 is 0.368 bits per heavy atom. The smallest absolute Gasteiger partial charge is 0.212 e. The van der Waals surface area contributed by atoms with E-state index in [0.29, 0.717) is 0 Å². The van der Waals surface area contributed by atoms with Gasteiger partial charge in [-0.15, -0.1) is 0 Å². The van der Waals surface area contributed by atoms with Crippen molar-refractivity contribution >= 4 is 46.0 Å². The Balaban J connectivity index is 2.66. The Morgan fingerprint density at radius 3 is 0.789 bits per heavy atom. The molecule has 0 amide bonds. The molecule has 3 nitrogen and oxygen atoms in total. The minimum atomic E-state index is -1.83. The van der Waals surface area contributed by atoms with Gasteiger partial charge in [0.1, 0.15) is 0 Å². The molecule has 2 saturated heterocycles. The molecule has 0 atom stereocenters. The van der Waals surface area contributed by atoms with E-state index in [2.05, 4.69) is 65.5 Å². The second-order valence-electron chi connectivity index (χ2n) is 8.41. The van der Waals surface area contributed by atoms with Crippen LogP contribution in [0.5, 0.6) is 0 Å². The summed E-state index contributed by atoms with van der Waals surface area (Å²) in [5, 5.41) is 0. The van der Waals surface area contributed by atoms with Gasteiger partial charge in [-0.1, -0.05) is 0 Å². The lowest BCUT2D eigenvalue weighted by Gasteiger charge is -2.69. The highest BCUT2D eigenvalue weighted by Crippen LogP contribution is 2.50. The standard InChI is InChI=1S/C10H30O3Si6/c1-14(2)11-15(3,4)19(10)13-18(14,9)16(5,6)12-17(19,7)8/h1-10H3. The van der Waals surface area contributed by atoms with E-state index in [1.807, 2.05) is 0 Å². The molecule has 0 N–H and O–H groups in total. The third kappa shape index (κ3) is 1.86. The first kappa shape index (κ1) is 16.6. The maximum absolute atomic E-state index is 7.23. The summed E-state index contributed by atoms with van der Waals surface area (Å²) in [5.74, 6) is 0. The van der Waals surface area contributed by atoms with Crippen LogP contribution in [0, 0.1) is 0 Å². The van der Waals surface area contributed by atoms with Crippen LogP contribution < -0.4 is 0 Å². The van der Waals surface area contributed by atoms with E-state index in [-0.39, 0.29) is 0 Å². The normalized spacial score (nSPS) is 45.8. The lowest BCUT2D eigenvalue weighted by Crippen LogP contribution is -2.96. The average molecular weight is 367 g/mol. The summed E-state index contributed by atoms with van der Waals surface area (Å²) in [4.78, 5) is 0. The lowest BCUT2D eigenvalue weighted by atomic mass is 11.9. The van der Waals surface area contributed by atoms with Crippen LogP contribution in [0.4, 0.5) is 0 Å². The Hall–Kier alpha value is 1.18. The first-order chi connectivity index (χ1) is 8.12. The highest BCUT2D eigenvalue weighted by atomic mass is 29.7. The van der Waals surface area contributed by atoms with Gasteiger partial charge >= 0.3 is 0 Å². The predicted octanol–water partition coefficient (Wildman–Crippen LogP) is 3.35. The molecule has 2 bridgehead atoms. The molecule has 2 rings (SSSR count). The fraction of sp³-hybridized carbons (Fsp3) is 1.00. The summed E-state index contributed by atoms with van der Waals surface area (Å²) in [6, 6.07) is 0. The van der Waals surface area contributed by atoms with Gasteiger partial charge in [0.15, 0.2) is 31.3 Å². The van der Waals surface area contributed by atoms with Crippen LogP contribution in [-0.4, -0.2) is 46.0 Å². The summed E-state index contributed by atoms with van der Waals surface area (Å²) in [6.07, 6.45) is 0. The van der Waals surface area contributed by atoms with Gasteiger partial charge in [0.05, 0.1) is 0 Å². The monoisotopic (exact) mass is 366 g/mol. The van der Waals surface area contributed by atoms with E-state index in [1.54, 1.807) is 0 Å². The fourth-order valence-corrected chi connectivity index (χ4v) is 106. The molecule has 0 aromatic carbocycles. The van der Waals surface area contributed by atoms with Gasteiger partial charge in [-0.3, -0.25) is 0 Å². The van der Waals surface area contributed by atoms with Gasteiger partial charge in [0.2, 0.25) is 14.7 Å². The van der Waals surface area contributed by atoms with Crippen molar-refractivity contribution in [2.45, 2.75) is 65.5 Å². The van der Waals surface area contributed by atoms with Gasteiger partial charge < -0.3 is 12.3 Å². The van der Waals surface area contributed by atoms with E-state index in [9.17, 15) is 0 Å². The molecule has 0 radical (unpaired) electrons. The zero-order valence-electron chi connectivity index (χ0n) is 14.2. The summed E-state index contributed by atoms with van der Waals surface area (Å²) in [5.41, 5.74) is 0. The van der Waals surface area contributed by atoms with Crippen LogP contribution >= 0.6 is 0 Å². The zero-order chi connectivity index (χ0) is 15.1. The quantitative estimate of drug-likeness (QED) is 0.615.